The van der Waals surface area contributed by atoms with Crippen LogP contribution in [0.1, 0.15) is 68.1 Å². The SMILES string of the molecule is COc1cc(C(=O)NC2C3CCCC2CC(N)C3)ccc1OC1CCCC1. The molecule has 148 valence electrons. The molecule has 4 rings (SSSR count). The second-order valence-electron chi connectivity index (χ2n) is 8.57. The summed E-state index contributed by atoms with van der Waals surface area (Å²) in [6.45, 7) is 0. The Morgan fingerprint density at radius 2 is 1.74 bits per heavy atom. The van der Waals surface area contributed by atoms with Gasteiger partial charge in [0.25, 0.3) is 5.91 Å². The largest absolute Gasteiger partial charge is 0.493 e. The molecule has 0 saturated heterocycles. The van der Waals surface area contributed by atoms with Crippen molar-refractivity contribution in [2.45, 2.75) is 76.0 Å². The monoisotopic (exact) mass is 372 g/mol. The van der Waals surface area contributed by atoms with Crippen LogP contribution in [0.25, 0.3) is 0 Å². The van der Waals surface area contributed by atoms with Crippen molar-refractivity contribution in [3.63, 3.8) is 0 Å². The van der Waals surface area contributed by atoms with Gasteiger partial charge in [-0.15, -0.1) is 0 Å². The van der Waals surface area contributed by atoms with Crippen LogP contribution in [-0.2, 0) is 0 Å². The Hall–Kier alpha value is -1.75. The lowest BCUT2D eigenvalue weighted by Gasteiger charge is -2.45. The number of amides is 1. The molecule has 3 fully saturated rings. The minimum atomic E-state index is -0.0157. The smallest absolute Gasteiger partial charge is 0.251 e. The predicted molar refractivity (Wildman–Crippen MR) is 105 cm³/mol. The minimum absolute atomic E-state index is 0.0157. The van der Waals surface area contributed by atoms with Gasteiger partial charge < -0.3 is 20.5 Å². The van der Waals surface area contributed by atoms with E-state index in [1.54, 1.807) is 7.11 Å². The van der Waals surface area contributed by atoms with Gasteiger partial charge in [-0.3, -0.25) is 4.79 Å². The van der Waals surface area contributed by atoms with Crippen molar-refractivity contribution >= 4 is 5.91 Å². The number of hydrogen-bond donors (Lipinski definition) is 2. The van der Waals surface area contributed by atoms with E-state index >= 15 is 0 Å². The summed E-state index contributed by atoms with van der Waals surface area (Å²) in [5.74, 6) is 2.39. The summed E-state index contributed by atoms with van der Waals surface area (Å²) in [5.41, 5.74) is 6.85. The van der Waals surface area contributed by atoms with Gasteiger partial charge in [-0.2, -0.15) is 0 Å². The van der Waals surface area contributed by atoms with E-state index in [1.165, 1.54) is 32.1 Å². The zero-order chi connectivity index (χ0) is 18.8. The van der Waals surface area contributed by atoms with Gasteiger partial charge in [0.1, 0.15) is 0 Å². The summed E-state index contributed by atoms with van der Waals surface area (Å²) in [4.78, 5) is 12.9. The van der Waals surface area contributed by atoms with Crippen LogP contribution in [0.5, 0.6) is 11.5 Å². The summed E-state index contributed by atoms with van der Waals surface area (Å²) in [7, 11) is 1.63. The Morgan fingerprint density at radius 3 is 2.41 bits per heavy atom. The summed E-state index contributed by atoms with van der Waals surface area (Å²) in [6.07, 6.45) is 10.6. The predicted octanol–water partition coefficient (Wildman–Crippen LogP) is 3.65. The van der Waals surface area contributed by atoms with Crippen molar-refractivity contribution < 1.29 is 14.3 Å². The van der Waals surface area contributed by atoms with Crippen LogP contribution in [0.3, 0.4) is 0 Å². The Labute approximate surface area is 162 Å². The first kappa shape index (κ1) is 18.6. The molecule has 3 saturated carbocycles. The highest BCUT2D eigenvalue weighted by molar-refractivity contribution is 5.95. The van der Waals surface area contributed by atoms with Gasteiger partial charge in [-0.25, -0.2) is 0 Å². The van der Waals surface area contributed by atoms with Crippen LogP contribution in [0.2, 0.25) is 0 Å². The number of methoxy groups -OCH3 is 1. The quantitative estimate of drug-likeness (QED) is 0.827. The third kappa shape index (κ3) is 4.08. The van der Waals surface area contributed by atoms with Crippen LogP contribution in [0, 0.1) is 11.8 Å². The lowest BCUT2D eigenvalue weighted by Crippen LogP contribution is -2.53. The van der Waals surface area contributed by atoms with Crippen LogP contribution in [0.4, 0.5) is 0 Å². The fourth-order valence-corrected chi connectivity index (χ4v) is 5.35. The fourth-order valence-electron chi connectivity index (χ4n) is 5.35. The maximum Gasteiger partial charge on any atom is 0.251 e. The van der Waals surface area contributed by atoms with E-state index in [4.69, 9.17) is 15.2 Å². The van der Waals surface area contributed by atoms with E-state index in [1.807, 2.05) is 18.2 Å². The number of ether oxygens (including phenoxy) is 2. The summed E-state index contributed by atoms with van der Waals surface area (Å²) in [5, 5.41) is 3.31. The molecule has 2 atom stereocenters. The molecule has 27 heavy (non-hydrogen) atoms. The van der Waals surface area contributed by atoms with Gasteiger partial charge in [-0.1, -0.05) is 6.42 Å². The summed E-state index contributed by atoms with van der Waals surface area (Å²) < 4.78 is 11.6. The normalized spacial score (nSPS) is 30.7. The van der Waals surface area contributed by atoms with E-state index in [0.717, 1.165) is 31.4 Å². The highest BCUT2D eigenvalue weighted by atomic mass is 16.5. The first-order valence-corrected chi connectivity index (χ1v) is 10.5. The van der Waals surface area contributed by atoms with Gasteiger partial charge >= 0.3 is 0 Å². The summed E-state index contributed by atoms with van der Waals surface area (Å²) >= 11 is 0. The van der Waals surface area contributed by atoms with Gasteiger partial charge in [0.05, 0.1) is 13.2 Å². The molecular weight excluding hydrogens is 340 g/mol. The number of rotatable bonds is 5. The van der Waals surface area contributed by atoms with E-state index in [0.29, 0.717) is 29.2 Å². The number of fused-ring (bicyclic) bond motifs is 2. The summed E-state index contributed by atoms with van der Waals surface area (Å²) in [6, 6.07) is 6.09. The third-order valence-electron chi connectivity index (χ3n) is 6.70. The highest BCUT2D eigenvalue weighted by Gasteiger charge is 2.40. The standard InChI is InChI=1S/C22H32N2O3/c1-26-20-13-16(9-10-19(20)27-18-7-2-3-8-18)22(25)24-21-14-5-4-6-15(21)12-17(23)11-14/h9-10,13-15,17-18,21H,2-8,11-12,23H2,1H3,(H,24,25). The van der Waals surface area contributed by atoms with Gasteiger partial charge in [0.2, 0.25) is 0 Å². The van der Waals surface area contributed by atoms with Crippen molar-refractivity contribution in [1.82, 2.24) is 5.32 Å². The maximum atomic E-state index is 12.9. The average molecular weight is 373 g/mol. The van der Waals surface area contributed by atoms with E-state index in [-0.39, 0.29) is 18.1 Å². The maximum absolute atomic E-state index is 12.9. The Balaban J connectivity index is 1.45. The Morgan fingerprint density at radius 1 is 1.04 bits per heavy atom. The second-order valence-corrected chi connectivity index (χ2v) is 8.57. The van der Waals surface area contributed by atoms with E-state index in [2.05, 4.69) is 5.32 Å². The van der Waals surface area contributed by atoms with Gasteiger partial charge in [-0.05, 0) is 81.4 Å². The third-order valence-corrected chi connectivity index (χ3v) is 6.70. The van der Waals surface area contributed by atoms with Gasteiger partial charge in [0.15, 0.2) is 11.5 Å². The minimum Gasteiger partial charge on any atom is -0.493 e. The average Bonchev–Trinajstić information content (AvgIpc) is 3.16. The molecule has 0 heterocycles. The van der Waals surface area contributed by atoms with Gasteiger partial charge in [0, 0.05) is 17.6 Å². The number of carbonyl (C=O) groups is 1. The lowest BCUT2D eigenvalue weighted by atomic mass is 9.67. The lowest BCUT2D eigenvalue weighted by molar-refractivity contribution is 0.0755. The molecule has 1 amide bonds. The molecule has 1 aromatic rings. The first-order valence-electron chi connectivity index (χ1n) is 10.5. The molecule has 3 aliphatic rings. The molecule has 0 spiro atoms. The molecule has 3 N–H and O–H groups in total. The Kier molecular flexibility index (Phi) is 5.58. The number of carbonyl (C=O) groups excluding carboxylic acids is 1. The van der Waals surface area contributed by atoms with Crippen molar-refractivity contribution in [2.75, 3.05) is 7.11 Å². The molecule has 3 aliphatic carbocycles. The number of benzene rings is 1. The van der Waals surface area contributed by atoms with E-state index in [9.17, 15) is 4.79 Å². The van der Waals surface area contributed by atoms with Crippen molar-refractivity contribution in [1.29, 1.82) is 0 Å². The number of hydrogen-bond acceptors (Lipinski definition) is 4. The molecule has 0 radical (unpaired) electrons. The second kappa shape index (κ2) is 8.09. The fraction of sp³-hybridized carbons (Fsp3) is 0.682. The van der Waals surface area contributed by atoms with Crippen LogP contribution >= 0.6 is 0 Å². The molecule has 5 nitrogen and oxygen atoms in total. The highest BCUT2D eigenvalue weighted by Crippen LogP contribution is 2.40. The molecule has 0 aromatic heterocycles. The molecular formula is C22H32N2O3. The molecule has 2 unspecified atom stereocenters. The molecule has 0 aliphatic heterocycles. The zero-order valence-electron chi connectivity index (χ0n) is 16.3. The van der Waals surface area contributed by atoms with Crippen LogP contribution in [0.15, 0.2) is 18.2 Å². The van der Waals surface area contributed by atoms with E-state index < -0.39 is 0 Å². The van der Waals surface area contributed by atoms with Crippen LogP contribution in [-0.4, -0.2) is 31.2 Å². The molecule has 1 aromatic carbocycles. The van der Waals surface area contributed by atoms with Crippen LogP contribution < -0.4 is 20.5 Å². The van der Waals surface area contributed by atoms with Crippen molar-refractivity contribution in [2.24, 2.45) is 17.6 Å². The topological polar surface area (TPSA) is 73.6 Å². The zero-order valence-corrected chi connectivity index (χ0v) is 16.3. The molecule has 2 bridgehead atoms. The number of nitrogens with one attached hydrogen (secondary N) is 1. The van der Waals surface area contributed by atoms with Crippen molar-refractivity contribution in [3.8, 4) is 11.5 Å². The molecule has 5 heteroatoms. The number of nitrogens with two attached hydrogens (primary N) is 1. The first-order chi connectivity index (χ1) is 13.1. The Bertz CT molecular complexity index is 658. The van der Waals surface area contributed by atoms with Crippen molar-refractivity contribution in [3.05, 3.63) is 23.8 Å².